The molecule has 1 rings (SSSR count). The Balaban J connectivity index is 3.43. The molecular weight excluding hydrogens is 206 g/mol. The van der Waals surface area contributed by atoms with Crippen molar-refractivity contribution in [1.29, 1.82) is 5.26 Å². The highest BCUT2D eigenvalue weighted by atomic mass is 19.3. The minimum atomic E-state index is -2.82. The molecule has 0 radical (unpaired) electrons. The third-order valence-electron chi connectivity index (χ3n) is 1.83. The summed E-state index contributed by atoms with van der Waals surface area (Å²) in [7, 11) is 1.17. The molecule has 0 amide bonds. The van der Waals surface area contributed by atoms with E-state index in [4.69, 9.17) is 15.1 Å². The number of hydrogen-bond acceptors (Lipinski definition) is 4. The zero-order valence-electron chi connectivity index (χ0n) is 7.87. The van der Waals surface area contributed by atoms with E-state index < -0.39 is 18.7 Å². The Morgan fingerprint density at radius 2 is 2.33 bits per heavy atom. The molecular formula is C9H8F2N2O2. The van der Waals surface area contributed by atoms with Gasteiger partial charge in [-0.1, -0.05) is 0 Å². The number of nitrogens with zero attached hydrogens (tertiary/aromatic N) is 2. The van der Waals surface area contributed by atoms with Crippen LogP contribution in [0, 0.1) is 11.3 Å². The van der Waals surface area contributed by atoms with Crippen LogP contribution in [0.4, 0.5) is 8.78 Å². The number of aliphatic hydroxyl groups is 1. The third-order valence-corrected chi connectivity index (χ3v) is 1.83. The summed E-state index contributed by atoms with van der Waals surface area (Å²) in [5.41, 5.74) is -0.532. The normalized spacial score (nSPS) is 10.1. The van der Waals surface area contributed by atoms with Crippen LogP contribution in [0.3, 0.4) is 0 Å². The predicted molar refractivity (Wildman–Crippen MR) is 46.4 cm³/mol. The third kappa shape index (κ3) is 2.02. The molecule has 6 heteroatoms. The Bertz CT molecular complexity index is 402. The molecule has 0 fully saturated rings. The molecule has 1 aromatic rings. The Kier molecular flexibility index (Phi) is 3.52. The summed E-state index contributed by atoms with van der Waals surface area (Å²) in [6, 6.07) is 1.70. The number of halogens is 2. The highest BCUT2D eigenvalue weighted by Crippen LogP contribution is 2.31. The standard InChI is InChI=1S/C9H8F2N2O2/c1-15-8-6(2-12)5(4-14)3-13-7(8)9(10)11/h3,9,14H,4H2,1H3. The molecule has 15 heavy (non-hydrogen) atoms. The summed E-state index contributed by atoms with van der Waals surface area (Å²) in [5.74, 6) is -0.279. The molecule has 0 spiro atoms. The minimum Gasteiger partial charge on any atom is -0.493 e. The number of ether oxygens (including phenoxy) is 1. The van der Waals surface area contributed by atoms with Gasteiger partial charge in [-0.3, -0.25) is 4.98 Å². The number of pyridine rings is 1. The first-order chi connectivity index (χ1) is 7.15. The van der Waals surface area contributed by atoms with Gasteiger partial charge < -0.3 is 9.84 Å². The maximum absolute atomic E-state index is 12.5. The molecule has 1 aromatic heterocycles. The molecule has 4 nitrogen and oxygen atoms in total. The summed E-state index contributed by atoms with van der Waals surface area (Å²) in [6.07, 6.45) is -1.78. The molecule has 0 saturated heterocycles. The van der Waals surface area contributed by atoms with Crippen molar-refractivity contribution in [3.63, 3.8) is 0 Å². The molecule has 0 atom stereocenters. The monoisotopic (exact) mass is 214 g/mol. The molecule has 0 aliphatic rings. The number of rotatable bonds is 3. The van der Waals surface area contributed by atoms with Gasteiger partial charge in [-0.15, -0.1) is 0 Å². The van der Waals surface area contributed by atoms with E-state index in [2.05, 4.69) is 4.98 Å². The lowest BCUT2D eigenvalue weighted by Gasteiger charge is -2.10. The van der Waals surface area contributed by atoms with Gasteiger partial charge in [-0.25, -0.2) is 8.78 Å². The Morgan fingerprint density at radius 1 is 1.67 bits per heavy atom. The molecule has 1 heterocycles. The highest BCUT2D eigenvalue weighted by Gasteiger charge is 2.21. The van der Waals surface area contributed by atoms with Gasteiger partial charge in [0.2, 0.25) is 0 Å². The lowest BCUT2D eigenvalue weighted by Crippen LogP contribution is -2.03. The first-order valence-electron chi connectivity index (χ1n) is 4.00. The van der Waals surface area contributed by atoms with E-state index in [0.29, 0.717) is 0 Å². The Labute approximate surface area is 84.7 Å². The van der Waals surface area contributed by atoms with Gasteiger partial charge in [0.05, 0.1) is 13.7 Å². The fourth-order valence-corrected chi connectivity index (χ4v) is 1.15. The van der Waals surface area contributed by atoms with E-state index in [1.165, 1.54) is 7.11 Å². The number of aliphatic hydroxyl groups excluding tert-OH is 1. The van der Waals surface area contributed by atoms with Crippen molar-refractivity contribution in [1.82, 2.24) is 4.98 Å². The maximum atomic E-state index is 12.5. The van der Waals surface area contributed by atoms with Crippen molar-refractivity contribution in [2.75, 3.05) is 7.11 Å². The summed E-state index contributed by atoms with van der Waals surface area (Å²) < 4.78 is 29.6. The fourth-order valence-electron chi connectivity index (χ4n) is 1.15. The van der Waals surface area contributed by atoms with Gasteiger partial charge in [0.25, 0.3) is 6.43 Å². The average molecular weight is 214 g/mol. The summed E-state index contributed by atoms with van der Waals surface area (Å²) >= 11 is 0. The van der Waals surface area contributed by atoms with E-state index in [1.807, 2.05) is 0 Å². The zero-order chi connectivity index (χ0) is 11.4. The van der Waals surface area contributed by atoms with Crippen LogP contribution in [0.2, 0.25) is 0 Å². The topological polar surface area (TPSA) is 66.1 Å². The van der Waals surface area contributed by atoms with Gasteiger partial charge in [-0.05, 0) is 0 Å². The zero-order valence-corrected chi connectivity index (χ0v) is 7.87. The van der Waals surface area contributed by atoms with Gasteiger partial charge in [-0.2, -0.15) is 5.26 Å². The largest absolute Gasteiger partial charge is 0.493 e. The highest BCUT2D eigenvalue weighted by molar-refractivity contribution is 5.50. The number of alkyl halides is 2. The SMILES string of the molecule is COc1c(C(F)F)ncc(CO)c1C#N. The van der Waals surface area contributed by atoms with Crippen LogP contribution in [0.25, 0.3) is 0 Å². The molecule has 0 bridgehead atoms. The second kappa shape index (κ2) is 4.66. The number of hydrogen-bond donors (Lipinski definition) is 1. The van der Waals surface area contributed by atoms with Crippen molar-refractivity contribution in [2.24, 2.45) is 0 Å². The van der Waals surface area contributed by atoms with Gasteiger partial charge in [0.1, 0.15) is 17.3 Å². The lowest BCUT2D eigenvalue weighted by atomic mass is 10.1. The predicted octanol–water partition coefficient (Wildman–Crippen LogP) is 1.39. The van der Waals surface area contributed by atoms with Crippen molar-refractivity contribution >= 4 is 0 Å². The van der Waals surface area contributed by atoms with E-state index in [9.17, 15) is 8.78 Å². The van der Waals surface area contributed by atoms with E-state index in [-0.39, 0.29) is 16.9 Å². The van der Waals surface area contributed by atoms with Crippen molar-refractivity contribution < 1.29 is 18.6 Å². The number of aromatic nitrogens is 1. The van der Waals surface area contributed by atoms with E-state index in [1.54, 1.807) is 6.07 Å². The van der Waals surface area contributed by atoms with Gasteiger partial charge >= 0.3 is 0 Å². The molecule has 1 N–H and O–H groups in total. The van der Waals surface area contributed by atoms with Gasteiger partial charge in [0, 0.05) is 11.8 Å². The van der Waals surface area contributed by atoms with E-state index >= 15 is 0 Å². The number of methoxy groups -OCH3 is 1. The first-order valence-corrected chi connectivity index (χ1v) is 4.00. The Morgan fingerprint density at radius 3 is 2.73 bits per heavy atom. The van der Waals surface area contributed by atoms with Crippen LogP contribution in [-0.4, -0.2) is 17.2 Å². The minimum absolute atomic E-state index is 0.106. The van der Waals surface area contributed by atoms with Crippen LogP contribution in [0.5, 0.6) is 5.75 Å². The summed E-state index contributed by atoms with van der Waals surface area (Å²) in [4.78, 5) is 3.44. The molecule has 0 saturated carbocycles. The maximum Gasteiger partial charge on any atom is 0.284 e. The van der Waals surface area contributed by atoms with Crippen LogP contribution < -0.4 is 4.74 Å². The molecule has 0 aliphatic heterocycles. The molecule has 80 valence electrons. The van der Waals surface area contributed by atoms with Crippen molar-refractivity contribution in [3.05, 3.63) is 23.0 Å². The van der Waals surface area contributed by atoms with Crippen LogP contribution in [0.1, 0.15) is 23.2 Å². The second-order valence-electron chi connectivity index (χ2n) is 2.65. The molecule has 0 aliphatic carbocycles. The van der Waals surface area contributed by atoms with Crippen molar-refractivity contribution in [2.45, 2.75) is 13.0 Å². The van der Waals surface area contributed by atoms with Crippen LogP contribution in [0.15, 0.2) is 6.20 Å². The second-order valence-corrected chi connectivity index (χ2v) is 2.65. The summed E-state index contributed by atoms with van der Waals surface area (Å²) in [5, 5.41) is 17.6. The van der Waals surface area contributed by atoms with E-state index in [0.717, 1.165) is 6.20 Å². The smallest absolute Gasteiger partial charge is 0.284 e. The quantitative estimate of drug-likeness (QED) is 0.825. The molecule has 0 aromatic carbocycles. The van der Waals surface area contributed by atoms with Crippen molar-refractivity contribution in [3.8, 4) is 11.8 Å². The Hall–Kier alpha value is -1.74. The average Bonchev–Trinajstić information content (AvgIpc) is 2.26. The van der Waals surface area contributed by atoms with Crippen LogP contribution in [-0.2, 0) is 6.61 Å². The summed E-state index contributed by atoms with van der Waals surface area (Å²) in [6.45, 7) is -0.449. The fraction of sp³-hybridized carbons (Fsp3) is 0.333. The molecule has 0 unspecified atom stereocenters. The lowest BCUT2D eigenvalue weighted by molar-refractivity contribution is 0.141. The number of nitriles is 1. The van der Waals surface area contributed by atoms with Crippen LogP contribution >= 0.6 is 0 Å². The van der Waals surface area contributed by atoms with Gasteiger partial charge in [0.15, 0.2) is 5.75 Å². The first kappa shape index (κ1) is 11.3.